The van der Waals surface area contributed by atoms with Gasteiger partial charge in [-0.3, -0.25) is 37.3 Å². The lowest BCUT2D eigenvalue weighted by Gasteiger charge is -2.21. The van der Waals surface area contributed by atoms with Crippen molar-refractivity contribution in [3.8, 4) is 0 Å². The third-order valence-corrected chi connectivity index (χ3v) is 17.4. The van der Waals surface area contributed by atoms with Gasteiger partial charge in [0.25, 0.3) is 0 Å². The highest BCUT2D eigenvalue weighted by atomic mass is 31.2. The van der Waals surface area contributed by atoms with E-state index in [2.05, 4.69) is 88.5 Å². The van der Waals surface area contributed by atoms with Crippen molar-refractivity contribution in [3.05, 3.63) is 60.8 Å². The van der Waals surface area contributed by atoms with Crippen molar-refractivity contribution < 1.29 is 80.2 Å². The number of hydrogen-bond acceptors (Lipinski definition) is 15. The van der Waals surface area contributed by atoms with Crippen LogP contribution in [-0.4, -0.2) is 96.7 Å². The van der Waals surface area contributed by atoms with Crippen molar-refractivity contribution in [2.45, 2.75) is 341 Å². The zero-order chi connectivity index (χ0) is 67.5. The number of aliphatic hydroxyl groups excluding tert-OH is 1. The van der Waals surface area contributed by atoms with Gasteiger partial charge in [-0.25, -0.2) is 9.13 Å². The van der Waals surface area contributed by atoms with Crippen molar-refractivity contribution >= 4 is 39.5 Å². The Hall–Kier alpha value is -3.24. The van der Waals surface area contributed by atoms with Crippen LogP contribution < -0.4 is 0 Å². The number of ether oxygens (including phenoxy) is 4. The third kappa shape index (κ3) is 65.4. The molecule has 0 spiro atoms. The number of phosphoric ester groups is 2. The Balaban J connectivity index is 5.29. The number of unbranched alkanes of at least 4 members (excludes halogenated alkanes) is 33. The van der Waals surface area contributed by atoms with Crippen LogP contribution in [0.3, 0.4) is 0 Å². The lowest BCUT2D eigenvalue weighted by molar-refractivity contribution is -0.161. The number of carbonyl (C=O) groups is 4. The quantitative estimate of drug-likeness (QED) is 0.0169. The molecule has 0 aromatic heterocycles. The molecule has 3 N–H and O–H groups in total. The molecular weight excluding hydrogens is 1210 g/mol. The molecular formula is C73H132O17P2. The fourth-order valence-electron chi connectivity index (χ4n) is 9.86. The first-order valence-electron chi connectivity index (χ1n) is 36.5. The number of phosphoric acid groups is 2. The summed E-state index contributed by atoms with van der Waals surface area (Å²) >= 11 is 0. The summed E-state index contributed by atoms with van der Waals surface area (Å²) in [4.78, 5) is 72.6. The van der Waals surface area contributed by atoms with Crippen LogP contribution in [0.5, 0.6) is 0 Å². The molecule has 0 aromatic rings. The monoisotopic (exact) mass is 1340 g/mol. The minimum Gasteiger partial charge on any atom is -0.462 e. The van der Waals surface area contributed by atoms with Crippen LogP contribution in [0, 0.1) is 0 Å². The van der Waals surface area contributed by atoms with Crippen LogP contribution in [0.1, 0.15) is 323 Å². The largest absolute Gasteiger partial charge is 0.472 e. The van der Waals surface area contributed by atoms with Crippen LogP contribution in [0.4, 0.5) is 0 Å². The molecule has 0 saturated heterocycles. The summed E-state index contributed by atoms with van der Waals surface area (Å²) < 4.78 is 68.2. The molecule has 5 unspecified atom stereocenters. The number of carbonyl (C=O) groups excluding carboxylic acids is 4. The van der Waals surface area contributed by atoms with Crippen molar-refractivity contribution in [2.75, 3.05) is 39.6 Å². The summed E-state index contributed by atoms with van der Waals surface area (Å²) in [5.74, 6) is -2.19. The van der Waals surface area contributed by atoms with Gasteiger partial charge in [-0.1, -0.05) is 255 Å². The molecule has 92 heavy (non-hydrogen) atoms. The van der Waals surface area contributed by atoms with E-state index in [1.165, 1.54) is 89.9 Å². The van der Waals surface area contributed by atoms with Crippen molar-refractivity contribution in [2.24, 2.45) is 0 Å². The van der Waals surface area contributed by atoms with E-state index in [9.17, 15) is 43.2 Å². The van der Waals surface area contributed by atoms with Gasteiger partial charge in [-0.15, -0.1) is 0 Å². The zero-order valence-corrected chi connectivity index (χ0v) is 60.0. The highest BCUT2D eigenvalue weighted by molar-refractivity contribution is 7.47. The van der Waals surface area contributed by atoms with E-state index >= 15 is 0 Å². The van der Waals surface area contributed by atoms with Crippen LogP contribution in [0.2, 0.25) is 0 Å². The van der Waals surface area contributed by atoms with E-state index in [4.69, 9.17) is 37.0 Å². The molecule has 0 amide bonds. The maximum Gasteiger partial charge on any atom is 0.472 e. The van der Waals surface area contributed by atoms with Crippen molar-refractivity contribution in [1.82, 2.24) is 0 Å². The molecule has 536 valence electrons. The maximum atomic E-state index is 13.0. The first-order valence-corrected chi connectivity index (χ1v) is 39.5. The Morgan fingerprint density at radius 2 is 0.576 bits per heavy atom. The summed E-state index contributed by atoms with van der Waals surface area (Å²) in [6.07, 6.45) is 62.3. The van der Waals surface area contributed by atoms with E-state index in [0.717, 1.165) is 154 Å². The van der Waals surface area contributed by atoms with Crippen molar-refractivity contribution in [3.63, 3.8) is 0 Å². The molecule has 0 aromatic carbocycles. The number of hydrogen-bond donors (Lipinski definition) is 3. The fourth-order valence-corrected chi connectivity index (χ4v) is 11.4. The Morgan fingerprint density at radius 1 is 0.315 bits per heavy atom. The molecule has 0 heterocycles. The minimum atomic E-state index is -4.96. The third-order valence-electron chi connectivity index (χ3n) is 15.5. The molecule has 0 bridgehead atoms. The first-order chi connectivity index (χ1) is 44.7. The van der Waals surface area contributed by atoms with Gasteiger partial charge >= 0.3 is 39.5 Å². The van der Waals surface area contributed by atoms with Gasteiger partial charge in [0.1, 0.15) is 19.3 Å². The summed E-state index contributed by atoms with van der Waals surface area (Å²) in [5.41, 5.74) is 0. The second kappa shape index (κ2) is 66.4. The molecule has 0 rings (SSSR count). The van der Waals surface area contributed by atoms with Gasteiger partial charge in [0.05, 0.1) is 26.4 Å². The van der Waals surface area contributed by atoms with Gasteiger partial charge in [0, 0.05) is 25.7 Å². The first kappa shape index (κ1) is 88.8. The second-order valence-electron chi connectivity index (χ2n) is 24.5. The average molecular weight is 1340 g/mol. The van der Waals surface area contributed by atoms with E-state index < -0.39 is 97.5 Å². The summed E-state index contributed by atoms with van der Waals surface area (Å²) in [6, 6.07) is 0. The van der Waals surface area contributed by atoms with Gasteiger partial charge in [0.2, 0.25) is 0 Å². The molecule has 0 saturated carbocycles. The van der Waals surface area contributed by atoms with Gasteiger partial charge in [0.15, 0.2) is 12.2 Å². The average Bonchev–Trinajstić information content (AvgIpc) is 2.55. The van der Waals surface area contributed by atoms with Gasteiger partial charge in [-0.05, 0) is 103 Å². The van der Waals surface area contributed by atoms with Gasteiger partial charge in [-0.2, -0.15) is 0 Å². The SMILES string of the molecule is CC/C=C\C/C=C\C/C=C\CCCCCCCC(=O)OCC(COP(=O)(O)OCC(O)COP(=O)(O)OCC(COC(=O)CCCCCCC/C=C\CCCCCCCC)OC(=O)CCCCCCC/C=C\CCCC)OC(=O)CCCCCCCCCCCCC. The lowest BCUT2D eigenvalue weighted by Crippen LogP contribution is -2.30. The number of aliphatic hydroxyl groups is 1. The van der Waals surface area contributed by atoms with E-state index in [1.807, 2.05) is 0 Å². The zero-order valence-electron chi connectivity index (χ0n) is 58.2. The summed E-state index contributed by atoms with van der Waals surface area (Å²) in [5, 5.41) is 10.6. The predicted octanol–water partition coefficient (Wildman–Crippen LogP) is 20.3. The molecule has 0 aliphatic rings. The standard InChI is InChI=1S/C73H132O17P2/c1-5-9-13-17-21-25-29-31-33-35-39-41-45-49-53-57-70(75)83-63-68(89-72(77)59-55-51-47-43-37-27-23-19-15-11-7-3)65-87-91(79,80)85-61-67(74)62-86-92(81,82)88-66-69(90-73(78)60-56-52-48-44-38-28-24-20-16-12-8-4)64-84-71(76)58-54-50-46-42-40-36-34-32-30-26-22-18-14-10-6-2/h9,13,20-21,24-25,31-34,67-69,74H,5-8,10-12,14-19,22-23,26-30,35-66H2,1-4H3,(H,79,80)(H,81,82)/b13-9-,24-20-,25-21-,33-31-,34-32-. The normalized spacial score (nSPS) is 14.4. The molecule has 0 aliphatic carbocycles. The van der Waals surface area contributed by atoms with Crippen LogP contribution in [0.15, 0.2) is 60.8 Å². The summed E-state index contributed by atoms with van der Waals surface area (Å²) in [6.45, 7) is 4.70. The molecule has 0 fully saturated rings. The molecule has 0 radical (unpaired) electrons. The fraction of sp³-hybridized carbons (Fsp3) is 0.808. The van der Waals surface area contributed by atoms with E-state index in [-0.39, 0.29) is 25.7 Å². The minimum absolute atomic E-state index is 0.0865. The van der Waals surface area contributed by atoms with Crippen LogP contribution in [-0.2, 0) is 65.4 Å². The number of esters is 4. The Morgan fingerprint density at radius 3 is 0.913 bits per heavy atom. The second-order valence-corrected chi connectivity index (χ2v) is 27.4. The topological polar surface area (TPSA) is 237 Å². The van der Waals surface area contributed by atoms with Gasteiger partial charge < -0.3 is 33.8 Å². The Labute approximate surface area is 559 Å². The maximum absolute atomic E-state index is 13.0. The molecule has 17 nitrogen and oxygen atoms in total. The van der Waals surface area contributed by atoms with E-state index in [1.54, 1.807) is 0 Å². The highest BCUT2D eigenvalue weighted by Crippen LogP contribution is 2.45. The van der Waals surface area contributed by atoms with Crippen LogP contribution >= 0.6 is 15.6 Å². The number of allylic oxidation sites excluding steroid dienone is 10. The smallest absolute Gasteiger partial charge is 0.462 e. The Kier molecular flexibility index (Phi) is 64.0. The van der Waals surface area contributed by atoms with E-state index in [0.29, 0.717) is 25.7 Å². The lowest BCUT2D eigenvalue weighted by atomic mass is 10.1. The summed E-state index contributed by atoms with van der Waals surface area (Å²) in [7, 11) is -9.93. The molecule has 19 heteroatoms. The Bertz CT molecular complexity index is 1990. The molecule has 5 atom stereocenters. The predicted molar refractivity (Wildman–Crippen MR) is 372 cm³/mol. The van der Waals surface area contributed by atoms with Crippen LogP contribution in [0.25, 0.3) is 0 Å². The van der Waals surface area contributed by atoms with Crippen molar-refractivity contribution in [1.29, 1.82) is 0 Å². The highest BCUT2D eigenvalue weighted by Gasteiger charge is 2.30. The number of rotatable bonds is 69. The molecule has 0 aliphatic heterocycles.